The van der Waals surface area contributed by atoms with Gasteiger partial charge in [-0.15, -0.1) is 16.8 Å². The first-order valence-corrected chi connectivity index (χ1v) is 8.63. The van der Waals surface area contributed by atoms with Crippen molar-refractivity contribution in [3.8, 4) is 11.6 Å². The molecule has 6 nitrogen and oxygen atoms in total. The Morgan fingerprint density at radius 2 is 2.11 bits per heavy atom. The van der Waals surface area contributed by atoms with Crippen molar-refractivity contribution in [3.05, 3.63) is 65.7 Å². The zero-order chi connectivity index (χ0) is 19.4. The quantitative estimate of drug-likeness (QED) is 0.470. The molecular formula is C20H18ClN3O3. The molecule has 0 fully saturated rings. The topological polar surface area (TPSA) is 76.2 Å². The third-order valence-electron chi connectivity index (χ3n) is 3.98. The molecule has 0 aliphatic heterocycles. The summed E-state index contributed by atoms with van der Waals surface area (Å²) in [7, 11) is 0. The van der Waals surface area contributed by atoms with E-state index in [0.29, 0.717) is 22.7 Å². The average molecular weight is 384 g/mol. The van der Waals surface area contributed by atoms with E-state index < -0.39 is 5.91 Å². The molecule has 0 spiro atoms. The predicted molar refractivity (Wildman–Crippen MR) is 105 cm³/mol. The first-order chi connectivity index (χ1) is 13.0. The van der Waals surface area contributed by atoms with Gasteiger partial charge in [-0.3, -0.25) is 4.79 Å². The van der Waals surface area contributed by atoms with Crippen molar-refractivity contribution in [1.82, 2.24) is 4.57 Å². The van der Waals surface area contributed by atoms with Gasteiger partial charge in [0.15, 0.2) is 12.3 Å². The van der Waals surface area contributed by atoms with Gasteiger partial charge in [0, 0.05) is 17.0 Å². The Hall–Kier alpha value is -3.12. The van der Waals surface area contributed by atoms with Gasteiger partial charge in [-0.2, -0.15) is 0 Å². The number of hydrogen-bond donors (Lipinski definition) is 1. The third-order valence-corrected chi connectivity index (χ3v) is 4.41. The minimum absolute atomic E-state index is 0.0677. The van der Waals surface area contributed by atoms with Crippen LogP contribution in [0.1, 0.15) is 5.56 Å². The van der Waals surface area contributed by atoms with Gasteiger partial charge >= 0.3 is 5.91 Å². The number of amides is 1. The monoisotopic (exact) mass is 383 g/mol. The van der Waals surface area contributed by atoms with E-state index in [4.69, 9.17) is 16.3 Å². The molecule has 0 aliphatic rings. The van der Waals surface area contributed by atoms with Gasteiger partial charge in [-0.25, -0.2) is 0 Å². The minimum Gasteiger partial charge on any atom is -0.493 e. The van der Waals surface area contributed by atoms with E-state index in [1.54, 1.807) is 34.9 Å². The average Bonchev–Trinajstić information content (AvgIpc) is 2.93. The number of azo groups is 1. The summed E-state index contributed by atoms with van der Waals surface area (Å²) >= 11 is 5.96. The number of allylic oxidation sites excluding steroid dienone is 1. The standard InChI is InChI=1S/C20H18ClN3O3/c1-3-10-24-17-7-5-4-6-15(17)19(20(24)26)23-22-18(25)12-27-14-8-9-16(21)13(2)11-14/h3-9,11,26H,1,10,12H2,2H3. The van der Waals surface area contributed by atoms with Crippen LogP contribution in [0.2, 0.25) is 5.02 Å². The van der Waals surface area contributed by atoms with Crippen LogP contribution >= 0.6 is 11.6 Å². The maximum absolute atomic E-state index is 12.0. The summed E-state index contributed by atoms with van der Waals surface area (Å²) in [5, 5.41) is 19.4. The molecule has 0 aliphatic carbocycles. The molecule has 1 amide bonds. The number of fused-ring (bicyclic) bond motifs is 1. The van der Waals surface area contributed by atoms with Crippen LogP contribution in [0.4, 0.5) is 5.69 Å². The lowest BCUT2D eigenvalue weighted by molar-refractivity contribution is -0.120. The summed E-state index contributed by atoms with van der Waals surface area (Å²) in [4.78, 5) is 12.0. The van der Waals surface area contributed by atoms with Crippen LogP contribution in [0.5, 0.6) is 11.6 Å². The van der Waals surface area contributed by atoms with Gasteiger partial charge in [0.25, 0.3) is 0 Å². The third kappa shape index (κ3) is 4.01. The van der Waals surface area contributed by atoms with Crippen molar-refractivity contribution in [2.45, 2.75) is 13.5 Å². The second-order valence-corrected chi connectivity index (χ2v) is 6.29. The lowest BCUT2D eigenvalue weighted by Crippen LogP contribution is -2.07. The van der Waals surface area contributed by atoms with Crippen molar-refractivity contribution < 1.29 is 14.6 Å². The van der Waals surface area contributed by atoms with Crippen LogP contribution in [0.3, 0.4) is 0 Å². The zero-order valence-corrected chi connectivity index (χ0v) is 15.5. The fourth-order valence-corrected chi connectivity index (χ4v) is 2.79. The number of halogens is 1. The number of nitrogens with zero attached hydrogens (tertiary/aromatic N) is 3. The molecule has 27 heavy (non-hydrogen) atoms. The Kier molecular flexibility index (Phi) is 5.57. The summed E-state index contributed by atoms with van der Waals surface area (Å²) in [5.41, 5.74) is 1.87. The highest BCUT2D eigenvalue weighted by Gasteiger charge is 2.15. The Morgan fingerprint density at radius 1 is 1.33 bits per heavy atom. The summed E-state index contributed by atoms with van der Waals surface area (Å²) < 4.78 is 7.06. The van der Waals surface area contributed by atoms with E-state index in [-0.39, 0.29) is 18.2 Å². The number of para-hydroxylation sites is 1. The van der Waals surface area contributed by atoms with Crippen LogP contribution in [-0.4, -0.2) is 22.2 Å². The van der Waals surface area contributed by atoms with Crippen LogP contribution in [0.15, 0.2) is 65.3 Å². The molecule has 0 unspecified atom stereocenters. The molecule has 0 radical (unpaired) electrons. The van der Waals surface area contributed by atoms with Gasteiger partial charge in [0.05, 0.1) is 5.52 Å². The highest BCUT2D eigenvalue weighted by atomic mass is 35.5. The summed E-state index contributed by atoms with van der Waals surface area (Å²) in [5.74, 6) is -0.115. The molecule has 0 saturated heterocycles. The van der Waals surface area contributed by atoms with Gasteiger partial charge in [-0.1, -0.05) is 35.9 Å². The lowest BCUT2D eigenvalue weighted by atomic mass is 10.2. The van der Waals surface area contributed by atoms with Gasteiger partial charge in [0.2, 0.25) is 5.88 Å². The molecule has 1 N–H and O–H groups in total. The Labute approximate surface area is 161 Å². The minimum atomic E-state index is -0.567. The molecule has 3 rings (SSSR count). The smallest absolute Gasteiger partial charge is 0.302 e. The second-order valence-electron chi connectivity index (χ2n) is 5.88. The van der Waals surface area contributed by atoms with Crippen LogP contribution in [-0.2, 0) is 11.3 Å². The van der Waals surface area contributed by atoms with Crippen LogP contribution in [0, 0.1) is 6.92 Å². The summed E-state index contributed by atoms with van der Waals surface area (Å²) in [6.45, 7) is 5.68. The highest BCUT2D eigenvalue weighted by molar-refractivity contribution is 6.31. The Balaban J connectivity index is 1.77. The normalized spacial score (nSPS) is 11.2. The molecule has 7 heteroatoms. The fraction of sp³-hybridized carbons (Fsp3) is 0.150. The first kappa shape index (κ1) is 18.7. The largest absolute Gasteiger partial charge is 0.493 e. The van der Waals surface area contributed by atoms with Crippen molar-refractivity contribution >= 4 is 34.1 Å². The number of benzene rings is 2. The van der Waals surface area contributed by atoms with E-state index >= 15 is 0 Å². The Bertz CT molecular complexity index is 1040. The summed E-state index contributed by atoms with van der Waals surface area (Å²) in [6.07, 6.45) is 1.67. The maximum Gasteiger partial charge on any atom is 0.302 e. The lowest BCUT2D eigenvalue weighted by Gasteiger charge is -2.05. The number of ether oxygens (including phenoxy) is 1. The second kappa shape index (κ2) is 8.05. The maximum atomic E-state index is 12.0. The van der Waals surface area contributed by atoms with Gasteiger partial charge in [0.1, 0.15) is 5.75 Å². The van der Waals surface area contributed by atoms with E-state index in [0.717, 1.165) is 11.1 Å². The molecule has 0 saturated carbocycles. The van der Waals surface area contributed by atoms with Crippen molar-refractivity contribution in [2.75, 3.05) is 6.61 Å². The van der Waals surface area contributed by atoms with Gasteiger partial charge < -0.3 is 14.4 Å². The molecule has 138 valence electrons. The molecule has 3 aromatic rings. The highest BCUT2D eigenvalue weighted by Crippen LogP contribution is 2.38. The molecule has 2 aromatic carbocycles. The molecular weight excluding hydrogens is 366 g/mol. The van der Waals surface area contributed by atoms with Crippen molar-refractivity contribution in [3.63, 3.8) is 0 Å². The number of carbonyl (C=O) groups is 1. The molecule has 0 bridgehead atoms. The number of rotatable bonds is 6. The zero-order valence-electron chi connectivity index (χ0n) is 14.7. The number of aromatic hydroxyl groups is 1. The number of hydrogen-bond acceptors (Lipinski definition) is 4. The SMILES string of the molecule is C=CCn1c(O)c(N=NC(=O)COc2ccc(Cl)c(C)c2)c2ccccc21. The van der Waals surface area contributed by atoms with E-state index in [2.05, 4.69) is 16.8 Å². The summed E-state index contributed by atoms with van der Waals surface area (Å²) in [6, 6.07) is 12.5. The fourth-order valence-electron chi connectivity index (χ4n) is 2.67. The van der Waals surface area contributed by atoms with E-state index in [9.17, 15) is 9.90 Å². The predicted octanol–water partition coefficient (Wildman–Crippen LogP) is 5.18. The van der Waals surface area contributed by atoms with Crippen LogP contribution < -0.4 is 4.74 Å². The first-order valence-electron chi connectivity index (χ1n) is 8.26. The van der Waals surface area contributed by atoms with Crippen molar-refractivity contribution in [2.24, 2.45) is 10.2 Å². The van der Waals surface area contributed by atoms with E-state index in [1.807, 2.05) is 25.1 Å². The Morgan fingerprint density at radius 3 is 2.85 bits per heavy atom. The number of aromatic nitrogens is 1. The van der Waals surface area contributed by atoms with Crippen molar-refractivity contribution in [1.29, 1.82) is 0 Å². The molecule has 1 aromatic heterocycles. The molecule has 1 heterocycles. The van der Waals surface area contributed by atoms with Gasteiger partial charge in [-0.05, 0) is 36.8 Å². The number of aryl methyl sites for hydroxylation is 1. The molecule has 0 atom stereocenters. The van der Waals surface area contributed by atoms with E-state index in [1.165, 1.54) is 0 Å². The number of carbonyl (C=O) groups excluding carboxylic acids is 1. The van der Waals surface area contributed by atoms with Crippen LogP contribution in [0.25, 0.3) is 10.9 Å².